The van der Waals surface area contributed by atoms with E-state index < -0.39 is 29.7 Å². The van der Waals surface area contributed by atoms with Crippen LogP contribution in [0, 0.1) is 13.8 Å². The molecule has 0 radical (unpaired) electrons. The van der Waals surface area contributed by atoms with Crippen LogP contribution in [0.1, 0.15) is 43.7 Å². The van der Waals surface area contributed by atoms with E-state index in [9.17, 15) is 24.9 Å². The first-order valence-corrected chi connectivity index (χ1v) is 7.85. The van der Waals surface area contributed by atoms with Gasteiger partial charge >= 0.3 is 11.9 Å². The maximum Gasteiger partial charge on any atom is 0.347 e. The van der Waals surface area contributed by atoms with Gasteiger partial charge in [0.15, 0.2) is 23.0 Å². The molecule has 0 amide bonds. The molecule has 0 saturated carbocycles. The van der Waals surface area contributed by atoms with E-state index >= 15 is 0 Å². The van der Waals surface area contributed by atoms with Crippen molar-refractivity contribution in [3.8, 4) is 34.5 Å². The number of hydrogen-bond donors (Lipinski definition) is 3. The van der Waals surface area contributed by atoms with Crippen LogP contribution in [0.2, 0.25) is 0 Å². The molecule has 0 spiro atoms. The van der Waals surface area contributed by atoms with Crippen LogP contribution in [0.15, 0.2) is 6.07 Å². The third-order valence-electron chi connectivity index (χ3n) is 4.56. The number of benzene rings is 2. The Morgan fingerprint density at radius 3 is 2.33 bits per heavy atom. The molecule has 4 rings (SSSR count). The Balaban J connectivity index is 2.07. The molecule has 9 nitrogen and oxygen atoms in total. The highest BCUT2D eigenvalue weighted by Crippen LogP contribution is 2.55. The molecule has 0 aliphatic carbocycles. The predicted octanol–water partition coefficient (Wildman–Crippen LogP) is 2.21. The molecule has 0 unspecified atom stereocenters. The van der Waals surface area contributed by atoms with Crippen LogP contribution in [-0.4, -0.2) is 34.4 Å². The van der Waals surface area contributed by atoms with Crippen molar-refractivity contribution in [1.29, 1.82) is 0 Å². The molecule has 0 fully saturated rings. The van der Waals surface area contributed by atoms with Crippen LogP contribution in [0.5, 0.6) is 34.5 Å². The Morgan fingerprint density at radius 2 is 1.67 bits per heavy atom. The summed E-state index contributed by atoms with van der Waals surface area (Å²) in [4.78, 5) is 24.6. The number of aromatic hydroxyl groups is 2. The SMILES string of the molecule is COc1cc(C)c2c(c1O)Oc1c(c(C)c(O)c3c1[C@H](O)OC3=O)OC2=O. The summed E-state index contributed by atoms with van der Waals surface area (Å²) in [7, 11) is 1.33. The fraction of sp³-hybridized carbons (Fsp3) is 0.222. The summed E-state index contributed by atoms with van der Waals surface area (Å²) in [6.07, 6.45) is -1.73. The lowest BCUT2D eigenvalue weighted by Gasteiger charge is -2.16. The van der Waals surface area contributed by atoms with Crippen LogP contribution >= 0.6 is 0 Å². The van der Waals surface area contributed by atoms with Gasteiger partial charge in [0.2, 0.25) is 12.0 Å². The lowest BCUT2D eigenvalue weighted by molar-refractivity contribution is -0.0555. The van der Waals surface area contributed by atoms with Crippen molar-refractivity contribution >= 4 is 11.9 Å². The average molecular weight is 374 g/mol. The number of rotatable bonds is 1. The Hall–Kier alpha value is -3.46. The number of aliphatic hydroxyl groups is 1. The molecule has 2 aliphatic rings. The lowest BCUT2D eigenvalue weighted by atomic mass is 10.0. The zero-order valence-corrected chi connectivity index (χ0v) is 14.4. The van der Waals surface area contributed by atoms with Crippen molar-refractivity contribution in [1.82, 2.24) is 0 Å². The summed E-state index contributed by atoms with van der Waals surface area (Å²) in [6, 6.07) is 1.44. The van der Waals surface area contributed by atoms with Gasteiger partial charge in [-0.1, -0.05) is 0 Å². The van der Waals surface area contributed by atoms with E-state index in [-0.39, 0.29) is 45.3 Å². The third-order valence-corrected chi connectivity index (χ3v) is 4.56. The van der Waals surface area contributed by atoms with Crippen molar-refractivity contribution in [3.63, 3.8) is 0 Å². The molecule has 0 bridgehead atoms. The van der Waals surface area contributed by atoms with E-state index in [1.807, 2.05) is 0 Å². The summed E-state index contributed by atoms with van der Waals surface area (Å²) in [5, 5.41) is 30.9. The van der Waals surface area contributed by atoms with Gasteiger partial charge in [-0.2, -0.15) is 0 Å². The average Bonchev–Trinajstić information content (AvgIpc) is 2.81. The zero-order valence-electron chi connectivity index (χ0n) is 14.4. The summed E-state index contributed by atoms with van der Waals surface area (Å²) in [6.45, 7) is 3.00. The van der Waals surface area contributed by atoms with Gasteiger partial charge in [0.05, 0.1) is 12.7 Å². The van der Waals surface area contributed by atoms with Gasteiger partial charge in [-0.05, 0) is 25.5 Å². The van der Waals surface area contributed by atoms with Crippen LogP contribution in [-0.2, 0) is 4.74 Å². The number of esters is 2. The van der Waals surface area contributed by atoms with E-state index in [1.54, 1.807) is 6.92 Å². The van der Waals surface area contributed by atoms with Crippen molar-refractivity contribution in [2.24, 2.45) is 0 Å². The number of carbonyl (C=O) groups is 2. The predicted molar refractivity (Wildman–Crippen MR) is 87.6 cm³/mol. The van der Waals surface area contributed by atoms with Crippen molar-refractivity contribution < 1.29 is 43.9 Å². The Morgan fingerprint density at radius 1 is 0.963 bits per heavy atom. The van der Waals surface area contributed by atoms with Crippen molar-refractivity contribution in [2.45, 2.75) is 20.1 Å². The number of ether oxygens (including phenoxy) is 4. The molecule has 2 aromatic carbocycles. The van der Waals surface area contributed by atoms with Gasteiger partial charge in [0, 0.05) is 5.56 Å². The first-order valence-electron chi connectivity index (χ1n) is 7.85. The fourth-order valence-electron chi connectivity index (χ4n) is 3.22. The summed E-state index contributed by atoms with van der Waals surface area (Å²) >= 11 is 0. The van der Waals surface area contributed by atoms with Crippen molar-refractivity contribution in [3.05, 3.63) is 33.9 Å². The molecule has 0 saturated heterocycles. The summed E-state index contributed by atoms with van der Waals surface area (Å²) < 4.78 is 20.9. The number of aliphatic hydroxyl groups excluding tert-OH is 1. The number of fused-ring (bicyclic) bond motifs is 4. The van der Waals surface area contributed by atoms with E-state index in [0.717, 1.165) is 0 Å². The Bertz CT molecular complexity index is 1040. The monoisotopic (exact) mass is 374 g/mol. The minimum Gasteiger partial charge on any atom is -0.507 e. The fourth-order valence-corrected chi connectivity index (χ4v) is 3.22. The first kappa shape index (κ1) is 17.0. The quantitative estimate of drug-likeness (QED) is 0.507. The lowest BCUT2D eigenvalue weighted by Crippen LogP contribution is -2.10. The molecular formula is C18H14O9. The topological polar surface area (TPSA) is 132 Å². The second-order valence-corrected chi connectivity index (χ2v) is 6.12. The maximum absolute atomic E-state index is 12.7. The van der Waals surface area contributed by atoms with Crippen LogP contribution in [0.4, 0.5) is 0 Å². The maximum atomic E-state index is 12.7. The van der Waals surface area contributed by atoms with Gasteiger partial charge in [0.25, 0.3) is 0 Å². The number of carbonyl (C=O) groups excluding carboxylic acids is 2. The van der Waals surface area contributed by atoms with Crippen LogP contribution in [0.3, 0.4) is 0 Å². The Kier molecular flexibility index (Phi) is 3.47. The van der Waals surface area contributed by atoms with Gasteiger partial charge in [-0.15, -0.1) is 0 Å². The first-order chi connectivity index (χ1) is 12.8. The smallest absolute Gasteiger partial charge is 0.347 e. The van der Waals surface area contributed by atoms with E-state index in [0.29, 0.717) is 5.56 Å². The Labute approximate surface area is 152 Å². The molecule has 2 heterocycles. The molecule has 1 atom stereocenters. The highest BCUT2D eigenvalue weighted by atomic mass is 16.6. The standard InChI is InChI=1S/C18H14O9/c1-5-4-7(24-3)12(20)14-8(5)16(21)26-13-6(2)11(19)9-10(15(13)25-14)18(23)27-17(9)22/h4,18-20,23H,1-3H3/t18-/m1/s1. The molecule has 0 aromatic heterocycles. The van der Waals surface area contributed by atoms with Gasteiger partial charge < -0.3 is 34.3 Å². The molecule has 2 aliphatic heterocycles. The number of phenolic OH excluding ortho intramolecular Hbond substituents is 2. The molecule has 140 valence electrons. The van der Waals surface area contributed by atoms with E-state index in [1.165, 1.54) is 20.1 Å². The van der Waals surface area contributed by atoms with Crippen LogP contribution < -0.4 is 14.2 Å². The third kappa shape index (κ3) is 2.15. The number of aryl methyl sites for hydroxylation is 1. The van der Waals surface area contributed by atoms with E-state index in [4.69, 9.17) is 18.9 Å². The zero-order chi connectivity index (χ0) is 19.6. The van der Waals surface area contributed by atoms with Gasteiger partial charge in [-0.3, -0.25) is 0 Å². The number of phenols is 2. The minimum atomic E-state index is -1.73. The number of cyclic esters (lactones) is 1. The minimum absolute atomic E-state index is 0.0417. The number of methoxy groups -OCH3 is 1. The van der Waals surface area contributed by atoms with Gasteiger partial charge in [-0.25, -0.2) is 9.59 Å². The molecule has 3 N–H and O–H groups in total. The molecule has 2 aromatic rings. The molecule has 27 heavy (non-hydrogen) atoms. The highest BCUT2D eigenvalue weighted by Gasteiger charge is 2.42. The molecule has 9 heteroatoms. The number of hydrogen-bond acceptors (Lipinski definition) is 9. The van der Waals surface area contributed by atoms with Crippen LogP contribution in [0.25, 0.3) is 0 Å². The molecular weight excluding hydrogens is 360 g/mol. The second kappa shape index (κ2) is 5.52. The summed E-state index contributed by atoms with van der Waals surface area (Å²) in [5.74, 6) is -3.35. The second-order valence-electron chi connectivity index (χ2n) is 6.12. The van der Waals surface area contributed by atoms with Crippen molar-refractivity contribution in [2.75, 3.05) is 7.11 Å². The largest absolute Gasteiger partial charge is 0.507 e. The van der Waals surface area contributed by atoms with E-state index in [2.05, 4.69) is 0 Å². The highest BCUT2D eigenvalue weighted by molar-refractivity contribution is 6.02. The van der Waals surface area contributed by atoms with Gasteiger partial charge in [0.1, 0.15) is 16.9 Å². The normalized spacial score (nSPS) is 17.1. The summed E-state index contributed by atoms with van der Waals surface area (Å²) in [5.41, 5.74) is -0.100.